The van der Waals surface area contributed by atoms with Crippen molar-refractivity contribution in [3.8, 4) is 0 Å². The molecule has 5 heteroatoms. The number of ether oxygens (including phenoxy) is 1. The average Bonchev–Trinajstić information content (AvgIpc) is 3.21. The molecule has 1 aliphatic rings. The molecule has 1 fully saturated rings. The molecule has 1 saturated carbocycles. The fourth-order valence-corrected chi connectivity index (χ4v) is 3.53. The van der Waals surface area contributed by atoms with E-state index in [1.165, 1.54) is 17.7 Å². The van der Waals surface area contributed by atoms with Gasteiger partial charge in [0.05, 0.1) is 12.3 Å². The largest absolute Gasteiger partial charge is 0.378 e. The van der Waals surface area contributed by atoms with E-state index in [4.69, 9.17) is 9.72 Å². The van der Waals surface area contributed by atoms with Crippen molar-refractivity contribution >= 4 is 16.5 Å². The number of rotatable bonds is 9. The van der Waals surface area contributed by atoms with Crippen LogP contribution in [0.4, 0.5) is 5.13 Å². The van der Waals surface area contributed by atoms with Crippen LogP contribution < -0.4 is 10.2 Å². The maximum absolute atomic E-state index is 5.31. The van der Waals surface area contributed by atoms with Crippen molar-refractivity contribution in [3.05, 3.63) is 10.6 Å². The monoisotopic (exact) mass is 311 g/mol. The first-order valence-corrected chi connectivity index (χ1v) is 8.75. The van der Waals surface area contributed by atoms with Gasteiger partial charge < -0.3 is 15.0 Å². The highest BCUT2D eigenvalue weighted by Gasteiger charge is 2.31. The van der Waals surface area contributed by atoms with Gasteiger partial charge >= 0.3 is 0 Å². The van der Waals surface area contributed by atoms with Gasteiger partial charge in [0.15, 0.2) is 5.13 Å². The zero-order valence-electron chi connectivity index (χ0n) is 14.0. The van der Waals surface area contributed by atoms with Crippen LogP contribution in [-0.4, -0.2) is 31.7 Å². The summed E-state index contributed by atoms with van der Waals surface area (Å²) in [6.45, 7) is 9.29. The number of methoxy groups -OCH3 is 1. The molecular formula is C16H29N3OS. The predicted molar refractivity (Wildman–Crippen MR) is 90.0 cm³/mol. The third-order valence-corrected chi connectivity index (χ3v) is 5.29. The van der Waals surface area contributed by atoms with Crippen LogP contribution in [0, 0.1) is 11.8 Å². The number of hydrogen-bond donors (Lipinski definition) is 1. The van der Waals surface area contributed by atoms with E-state index < -0.39 is 0 Å². The Hall–Kier alpha value is -0.650. The summed E-state index contributed by atoms with van der Waals surface area (Å²) in [7, 11) is 3.91. The lowest BCUT2D eigenvalue weighted by Gasteiger charge is -2.23. The Morgan fingerprint density at radius 2 is 2.10 bits per heavy atom. The van der Waals surface area contributed by atoms with Crippen LogP contribution in [0.3, 0.4) is 0 Å². The Bertz CT molecular complexity index is 443. The molecule has 1 N–H and O–H groups in total. The van der Waals surface area contributed by atoms with Crippen LogP contribution in [0.2, 0.25) is 0 Å². The molecule has 2 rings (SSSR count). The zero-order valence-corrected chi connectivity index (χ0v) is 14.8. The van der Waals surface area contributed by atoms with E-state index in [1.807, 2.05) is 0 Å². The van der Waals surface area contributed by atoms with Crippen molar-refractivity contribution in [3.63, 3.8) is 0 Å². The van der Waals surface area contributed by atoms with E-state index in [1.54, 1.807) is 18.4 Å². The Labute approximate surface area is 132 Å². The molecule has 1 aromatic heterocycles. The minimum absolute atomic E-state index is 0.586. The Morgan fingerprint density at radius 3 is 2.67 bits per heavy atom. The predicted octanol–water partition coefficient (Wildman–Crippen LogP) is 3.27. The maximum atomic E-state index is 5.31. The average molecular weight is 311 g/mol. The molecule has 1 aromatic rings. The minimum atomic E-state index is 0.586. The van der Waals surface area contributed by atoms with Gasteiger partial charge in [0.25, 0.3) is 0 Å². The SMILES string of the molecule is COCc1nc(N(C)C(C)C2CC2)sc1CNCC(C)C. The van der Waals surface area contributed by atoms with Gasteiger partial charge in [0.1, 0.15) is 0 Å². The quantitative estimate of drug-likeness (QED) is 0.759. The van der Waals surface area contributed by atoms with Gasteiger partial charge in [-0.3, -0.25) is 0 Å². The lowest BCUT2D eigenvalue weighted by Crippen LogP contribution is -2.30. The Balaban J connectivity index is 2.04. The second kappa shape index (κ2) is 7.56. The van der Waals surface area contributed by atoms with Gasteiger partial charge in [-0.15, -0.1) is 11.3 Å². The normalized spacial score (nSPS) is 16.5. The molecule has 1 atom stereocenters. The molecule has 21 heavy (non-hydrogen) atoms. The Morgan fingerprint density at radius 1 is 1.38 bits per heavy atom. The fraction of sp³-hybridized carbons (Fsp3) is 0.812. The van der Waals surface area contributed by atoms with Crippen molar-refractivity contribution in [2.45, 2.75) is 52.8 Å². The first kappa shape index (κ1) is 16.7. The summed E-state index contributed by atoms with van der Waals surface area (Å²) < 4.78 is 5.31. The third-order valence-electron chi connectivity index (χ3n) is 4.10. The summed E-state index contributed by atoms with van der Waals surface area (Å²) in [5.41, 5.74) is 1.09. The van der Waals surface area contributed by atoms with Crippen molar-refractivity contribution in [1.82, 2.24) is 10.3 Å². The van der Waals surface area contributed by atoms with Crippen molar-refractivity contribution < 1.29 is 4.74 Å². The maximum Gasteiger partial charge on any atom is 0.185 e. The van der Waals surface area contributed by atoms with Gasteiger partial charge in [-0.05, 0) is 38.1 Å². The molecule has 120 valence electrons. The zero-order chi connectivity index (χ0) is 15.4. The van der Waals surface area contributed by atoms with E-state index in [-0.39, 0.29) is 0 Å². The second-order valence-corrected chi connectivity index (χ2v) is 7.58. The summed E-state index contributed by atoms with van der Waals surface area (Å²) >= 11 is 1.81. The van der Waals surface area contributed by atoms with E-state index in [0.717, 1.165) is 29.8 Å². The molecule has 1 unspecified atom stereocenters. The lowest BCUT2D eigenvalue weighted by atomic mass is 10.2. The summed E-state index contributed by atoms with van der Waals surface area (Å²) in [6, 6.07) is 0.586. The molecule has 0 spiro atoms. The lowest BCUT2D eigenvalue weighted by molar-refractivity contribution is 0.181. The van der Waals surface area contributed by atoms with E-state index in [2.05, 4.69) is 38.0 Å². The van der Waals surface area contributed by atoms with Gasteiger partial charge in [-0.25, -0.2) is 4.98 Å². The van der Waals surface area contributed by atoms with Crippen LogP contribution >= 0.6 is 11.3 Å². The number of nitrogens with zero attached hydrogens (tertiary/aromatic N) is 2. The van der Waals surface area contributed by atoms with Crippen molar-refractivity contribution in [2.75, 3.05) is 25.6 Å². The van der Waals surface area contributed by atoms with Gasteiger partial charge in [-0.1, -0.05) is 13.8 Å². The smallest absolute Gasteiger partial charge is 0.185 e. The highest BCUT2D eigenvalue weighted by Crippen LogP contribution is 2.37. The van der Waals surface area contributed by atoms with Crippen molar-refractivity contribution in [1.29, 1.82) is 0 Å². The highest BCUT2D eigenvalue weighted by molar-refractivity contribution is 7.15. The fourth-order valence-electron chi connectivity index (χ4n) is 2.45. The second-order valence-electron chi connectivity index (χ2n) is 6.51. The summed E-state index contributed by atoms with van der Waals surface area (Å²) in [5, 5.41) is 4.64. The number of aromatic nitrogens is 1. The molecule has 1 heterocycles. The summed E-state index contributed by atoms with van der Waals surface area (Å²) in [6.07, 6.45) is 2.73. The van der Waals surface area contributed by atoms with E-state index in [0.29, 0.717) is 18.6 Å². The van der Waals surface area contributed by atoms with Gasteiger partial charge in [0, 0.05) is 31.6 Å². The molecule has 0 radical (unpaired) electrons. The minimum Gasteiger partial charge on any atom is -0.378 e. The number of nitrogens with one attached hydrogen (secondary N) is 1. The van der Waals surface area contributed by atoms with E-state index >= 15 is 0 Å². The number of thiazole rings is 1. The van der Waals surface area contributed by atoms with Crippen LogP contribution in [-0.2, 0) is 17.9 Å². The van der Waals surface area contributed by atoms with Crippen LogP contribution in [0.5, 0.6) is 0 Å². The molecule has 4 nitrogen and oxygen atoms in total. The summed E-state index contributed by atoms with van der Waals surface area (Å²) in [5.74, 6) is 1.52. The first-order chi connectivity index (χ1) is 10.0. The van der Waals surface area contributed by atoms with Crippen LogP contribution in [0.1, 0.15) is 44.2 Å². The molecule has 0 bridgehead atoms. The summed E-state index contributed by atoms with van der Waals surface area (Å²) in [4.78, 5) is 8.46. The van der Waals surface area contributed by atoms with E-state index in [9.17, 15) is 0 Å². The molecular weight excluding hydrogens is 282 g/mol. The topological polar surface area (TPSA) is 37.4 Å². The standard InChI is InChI=1S/C16H29N3OS/c1-11(2)8-17-9-15-14(10-20-5)18-16(21-15)19(4)12(3)13-6-7-13/h11-13,17H,6-10H2,1-5H3. The third kappa shape index (κ3) is 4.66. The number of hydrogen-bond acceptors (Lipinski definition) is 5. The molecule has 0 amide bonds. The number of anilines is 1. The molecule has 0 aliphatic heterocycles. The van der Waals surface area contributed by atoms with Crippen LogP contribution in [0.25, 0.3) is 0 Å². The molecule has 0 aromatic carbocycles. The molecule has 0 saturated heterocycles. The first-order valence-electron chi connectivity index (χ1n) is 7.94. The van der Waals surface area contributed by atoms with Gasteiger partial charge in [-0.2, -0.15) is 0 Å². The highest BCUT2D eigenvalue weighted by atomic mass is 32.1. The van der Waals surface area contributed by atoms with Gasteiger partial charge in [0.2, 0.25) is 0 Å². The Kier molecular flexibility index (Phi) is 6.02. The molecule has 1 aliphatic carbocycles. The van der Waals surface area contributed by atoms with Crippen molar-refractivity contribution in [2.24, 2.45) is 11.8 Å². The van der Waals surface area contributed by atoms with Crippen LogP contribution in [0.15, 0.2) is 0 Å².